The lowest BCUT2D eigenvalue weighted by molar-refractivity contribution is 0.170. The van der Waals surface area contributed by atoms with E-state index in [1.54, 1.807) is 48.7 Å². The zero-order valence-corrected chi connectivity index (χ0v) is 14.1. The van der Waals surface area contributed by atoms with Crippen LogP contribution in [-0.2, 0) is 14.8 Å². The van der Waals surface area contributed by atoms with Gasteiger partial charge in [0.15, 0.2) is 5.76 Å². The van der Waals surface area contributed by atoms with Gasteiger partial charge in [0.2, 0.25) is 0 Å². The number of nitrogens with zero attached hydrogens (tertiary/aromatic N) is 2. The fourth-order valence-electron chi connectivity index (χ4n) is 2.36. The van der Waals surface area contributed by atoms with Crippen molar-refractivity contribution in [2.24, 2.45) is 0 Å². The summed E-state index contributed by atoms with van der Waals surface area (Å²) < 4.78 is 32.9. The minimum absolute atomic E-state index is 0.177. The maximum absolute atomic E-state index is 12.9. The lowest BCUT2D eigenvalue weighted by Gasteiger charge is -2.31. The second-order valence-corrected chi connectivity index (χ2v) is 7.38. The highest BCUT2D eigenvalue weighted by atomic mass is 32.2. The molecule has 2 heterocycles. The Bertz CT molecular complexity index is 859. The first-order chi connectivity index (χ1) is 11.5. The number of aromatic nitrogens is 1. The number of sulfonamides is 1. The highest BCUT2D eigenvalue weighted by Gasteiger charge is 2.29. The normalized spacial score (nSPS) is 17.8. The molecule has 1 aromatic carbocycles. The molecule has 0 aliphatic carbocycles. The van der Waals surface area contributed by atoms with Crippen molar-refractivity contribution in [3.8, 4) is 0 Å². The van der Waals surface area contributed by atoms with Crippen molar-refractivity contribution in [3.05, 3.63) is 78.8 Å². The summed E-state index contributed by atoms with van der Waals surface area (Å²) in [4.78, 5) is 4.47. The smallest absolute Gasteiger partial charge is 0.264 e. The fourth-order valence-corrected chi connectivity index (χ4v) is 3.69. The summed E-state index contributed by atoms with van der Waals surface area (Å²) >= 11 is 0. The van der Waals surface area contributed by atoms with Crippen molar-refractivity contribution in [2.45, 2.75) is 17.9 Å². The van der Waals surface area contributed by atoms with Gasteiger partial charge in [-0.1, -0.05) is 30.3 Å². The SMILES string of the molecule is C=C[C@H]1CN(S(=O)(=O)c2ccc(C)cc2)C=C(c2ccccn2)O1. The van der Waals surface area contributed by atoms with Crippen molar-refractivity contribution in [3.63, 3.8) is 0 Å². The van der Waals surface area contributed by atoms with E-state index in [1.807, 2.05) is 13.0 Å². The van der Waals surface area contributed by atoms with Gasteiger partial charge in [-0.15, -0.1) is 0 Å². The molecule has 1 aromatic heterocycles. The molecule has 24 heavy (non-hydrogen) atoms. The number of rotatable bonds is 4. The maximum atomic E-state index is 12.9. The summed E-state index contributed by atoms with van der Waals surface area (Å²) in [5.41, 5.74) is 1.58. The maximum Gasteiger partial charge on any atom is 0.264 e. The third-order valence-electron chi connectivity index (χ3n) is 3.71. The minimum atomic E-state index is -3.66. The number of hydrogen-bond donors (Lipinski definition) is 0. The summed E-state index contributed by atoms with van der Waals surface area (Å²) in [6, 6.07) is 12.2. The third-order valence-corrected chi connectivity index (χ3v) is 5.45. The topological polar surface area (TPSA) is 59.5 Å². The van der Waals surface area contributed by atoms with E-state index in [2.05, 4.69) is 11.6 Å². The lowest BCUT2D eigenvalue weighted by atomic mass is 10.2. The molecule has 0 amide bonds. The van der Waals surface area contributed by atoms with Crippen LogP contribution in [0.5, 0.6) is 0 Å². The van der Waals surface area contributed by atoms with Gasteiger partial charge < -0.3 is 4.74 Å². The van der Waals surface area contributed by atoms with Crippen LogP contribution in [0.3, 0.4) is 0 Å². The van der Waals surface area contributed by atoms with E-state index in [-0.39, 0.29) is 11.4 Å². The zero-order chi connectivity index (χ0) is 17.2. The van der Waals surface area contributed by atoms with Crippen LogP contribution in [0, 0.1) is 6.92 Å². The summed E-state index contributed by atoms with van der Waals surface area (Å²) in [6.07, 6.45) is 4.27. The average molecular weight is 342 g/mol. The standard InChI is InChI=1S/C18H18N2O3S/c1-3-15-12-20(13-18(23-15)17-6-4-5-11-19-17)24(21,22)16-9-7-14(2)8-10-16/h3-11,13,15H,1,12H2,2H3/t15-/m0/s1. The second kappa shape index (κ2) is 6.49. The predicted molar refractivity (Wildman–Crippen MR) is 92.4 cm³/mol. The molecule has 0 radical (unpaired) electrons. The third kappa shape index (κ3) is 3.19. The van der Waals surface area contributed by atoms with Gasteiger partial charge in [-0.3, -0.25) is 9.29 Å². The summed E-state index contributed by atoms with van der Waals surface area (Å²) in [7, 11) is -3.66. The van der Waals surface area contributed by atoms with Gasteiger partial charge >= 0.3 is 0 Å². The van der Waals surface area contributed by atoms with E-state index in [9.17, 15) is 8.42 Å². The molecule has 1 aliphatic heterocycles. The molecular formula is C18H18N2O3S. The predicted octanol–water partition coefficient (Wildman–Crippen LogP) is 2.96. The van der Waals surface area contributed by atoms with Crippen molar-refractivity contribution < 1.29 is 13.2 Å². The van der Waals surface area contributed by atoms with Crippen molar-refractivity contribution >= 4 is 15.8 Å². The van der Waals surface area contributed by atoms with E-state index in [0.29, 0.717) is 11.5 Å². The van der Waals surface area contributed by atoms with E-state index in [1.165, 1.54) is 10.5 Å². The van der Waals surface area contributed by atoms with E-state index >= 15 is 0 Å². The summed E-state index contributed by atoms with van der Waals surface area (Å²) in [5, 5.41) is 0. The van der Waals surface area contributed by atoms with Crippen LogP contribution in [0.1, 0.15) is 11.3 Å². The molecule has 1 atom stereocenters. The first-order valence-electron chi connectivity index (χ1n) is 7.51. The van der Waals surface area contributed by atoms with Crippen LogP contribution in [0.25, 0.3) is 5.76 Å². The molecule has 0 saturated heterocycles. The Labute approximate surface area is 142 Å². The van der Waals surface area contributed by atoms with Crippen molar-refractivity contribution in [2.75, 3.05) is 6.54 Å². The Morgan fingerprint density at radius 1 is 1.25 bits per heavy atom. The molecule has 0 spiro atoms. The van der Waals surface area contributed by atoms with Gasteiger partial charge in [0.05, 0.1) is 17.6 Å². The Balaban J connectivity index is 2.01. The van der Waals surface area contributed by atoms with Crippen LogP contribution in [0.15, 0.2) is 72.4 Å². The largest absolute Gasteiger partial charge is 0.481 e. The van der Waals surface area contributed by atoms with Crippen LogP contribution in [0.4, 0.5) is 0 Å². The Morgan fingerprint density at radius 2 is 2.00 bits per heavy atom. The first kappa shape index (κ1) is 16.3. The van der Waals surface area contributed by atoms with Gasteiger partial charge in [0, 0.05) is 6.20 Å². The number of benzene rings is 1. The Kier molecular flexibility index (Phi) is 4.40. The Morgan fingerprint density at radius 3 is 2.62 bits per heavy atom. The fraction of sp³-hybridized carbons (Fsp3) is 0.167. The van der Waals surface area contributed by atoms with E-state index in [4.69, 9.17) is 4.74 Å². The molecule has 0 saturated carbocycles. The molecule has 0 bridgehead atoms. The molecule has 0 unspecified atom stereocenters. The van der Waals surface area contributed by atoms with E-state index in [0.717, 1.165) is 5.56 Å². The molecule has 1 aliphatic rings. The van der Waals surface area contributed by atoms with Crippen LogP contribution >= 0.6 is 0 Å². The molecule has 3 rings (SSSR count). The van der Waals surface area contributed by atoms with Crippen LogP contribution < -0.4 is 0 Å². The molecule has 124 valence electrons. The molecule has 0 fully saturated rings. The minimum Gasteiger partial charge on any atom is -0.481 e. The summed E-state index contributed by atoms with van der Waals surface area (Å²) in [6.45, 7) is 5.81. The molecular weight excluding hydrogens is 324 g/mol. The molecule has 0 N–H and O–H groups in total. The zero-order valence-electron chi connectivity index (χ0n) is 13.3. The van der Waals surface area contributed by atoms with Crippen LogP contribution in [-0.4, -0.2) is 30.4 Å². The number of pyridine rings is 1. The Hall–Kier alpha value is -2.60. The highest BCUT2D eigenvalue weighted by molar-refractivity contribution is 7.89. The van der Waals surface area contributed by atoms with Crippen molar-refractivity contribution in [1.29, 1.82) is 0 Å². The summed E-state index contributed by atoms with van der Waals surface area (Å²) in [5.74, 6) is 0.405. The van der Waals surface area contributed by atoms with Crippen molar-refractivity contribution in [1.82, 2.24) is 9.29 Å². The average Bonchev–Trinajstić information content (AvgIpc) is 2.62. The van der Waals surface area contributed by atoms with Gasteiger partial charge in [-0.2, -0.15) is 0 Å². The van der Waals surface area contributed by atoms with Gasteiger partial charge in [-0.25, -0.2) is 8.42 Å². The molecule has 2 aromatic rings. The van der Waals surface area contributed by atoms with E-state index < -0.39 is 16.1 Å². The van der Waals surface area contributed by atoms with Gasteiger partial charge in [0.1, 0.15) is 11.8 Å². The number of ether oxygens (including phenoxy) is 1. The number of hydrogen-bond acceptors (Lipinski definition) is 4. The van der Waals surface area contributed by atoms with Crippen LogP contribution in [0.2, 0.25) is 0 Å². The molecule has 5 nitrogen and oxygen atoms in total. The quantitative estimate of drug-likeness (QED) is 0.802. The molecule has 6 heteroatoms. The number of aryl methyl sites for hydroxylation is 1. The highest BCUT2D eigenvalue weighted by Crippen LogP contribution is 2.27. The second-order valence-electron chi connectivity index (χ2n) is 5.49. The van der Waals surface area contributed by atoms with Gasteiger partial charge in [-0.05, 0) is 37.3 Å². The van der Waals surface area contributed by atoms with Gasteiger partial charge in [0.25, 0.3) is 10.0 Å². The first-order valence-corrected chi connectivity index (χ1v) is 8.95. The monoisotopic (exact) mass is 342 g/mol. The lowest BCUT2D eigenvalue weighted by Crippen LogP contribution is -2.37.